The summed E-state index contributed by atoms with van der Waals surface area (Å²) >= 11 is 0. The zero-order valence-corrected chi connectivity index (χ0v) is 11.0. The first-order chi connectivity index (χ1) is 7.33. The van der Waals surface area contributed by atoms with E-state index in [1.54, 1.807) is 0 Å². The Morgan fingerprint density at radius 2 is 2.06 bits per heavy atom. The summed E-state index contributed by atoms with van der Waals surface area (Å²) in [5.74, 6) is 6.39. The highest BCUT2D eigenvalue weighted by molar-refractivity contribution is 5.93. The maximum atomic E-state index is 11.8. The molecule has 0 spiro atoms. The van der Waals surface area contributed by atoms with Crippen LogP contribution in [0.4, 0.5) is 0 Å². The molecule has 90 valence electrons. The predicted molar refractivity (Wildman–Crippen MR) is 65.9 cm³/mol. The van der Waals surface area contributed by atoms with Crippen LogP contribution in [0.2, 0.25) is 0 Å². The van der Waals surface area contributed by atoms with Gasteiger partial charge in [-0.3, -0.25) is 9.69 Å². The Kier molecular flexibility index (Phi) is 3.98. The van der Waals surface area contributed by atoms with Crippen LogP contribution < -0.4 is 0 Å². The van der Waals surface area contributed by atoms with Crippen molar-refractivity contribution in [2.45, 2.75) is 32.7 Å². The van der Waals surface area contributed by atoms with Gasteiger partial charge < -0.3 is 4.90 Å². The van der Waals surface area contributed by atoms with Gasteiger partial charge in [-0.2, -0.15) is 0 Å². The summed E-state index contributed by atoms with van der Waals surface area (Å²) in [5, 5.41) is 0. The third-order valence-corrected chi connectivity index (χ3v) is 3.30. The van der Waals surface area contributed by atoms with E-state index in [0.29, 0.717) is 5.92 Å². The van der Waals surface area contributed by atoms with Crippen LogP contribution in [0.25, 0.3) is 0 Å². The van der Waals surface area contributed by atoms with Gasteiger partial charge in [0.15, 0.2) is 0 Å². The number of hydrogen-bond acceptors (Lipinski definition) is 2. The van der Waals surface area contributed by atoms with E-state index in [9.17, 15) is 4.79 Å². The second-order valence-corrected chi connectivity index (χ2v) is 5.35. The average molecular weight is 222 g/mol. The molecule has 1 saturated heterocycles. The lowest BCUT2D eigenvalue weighted by Gasteiger charge is -2.26. The zero-order valence-electron chi connectivity index (χ0n) is 11.0. The van der Waals surface area contributed by atoms with E-state index >= 15 is 0 Å². The summed E-state index contributed by atoms with van der Waals surface area (Å²) in [6.45, 7) is 7.91. The minimum absolute atomic E-state index is 0.0284. The molecule has 3 heteroatoms. The fourth-order valence-electron chi connectivity index (χ4n) is 1.52. The van der Waals surface area contributed by atoms with Gasteiger partial charge in [0.2, 0.25) is 0 Å². The van der Waals surface area contributed by atoms with E-state index in [2.05, 4.69) is 18.8 Å². The standard InChI is InChI=1S/C13H22N2O/c1-11-7-9-15(10-11)12(16)6-8-13(2,3)14(4)5/h11H,7,9-10H2,1-5H3/t11-/m1/s1. The molecule has 0 bridgehead atoms. The third-order valence-electron chi connectivity index (χ3n) is 3.30. The molecule has 1 heterocycles. The summed E-state index contributed by atoms with van der Waals surface area (Å²) in [7, 11) is 3.94. The molecule has 1 aliphatic heterocycles. The molecule has 0 unspecified atom stereocenters. The first kappa shape index (κ1) is 13.1. The van der Waals surface area contributed by atoms with Gasteiger partial charge in [0.1, 0.15) is 0 Å². The van der Waals surface area contributed by atoms with E-state index in [4.69, 9.17) is 0 Å². The number of carbonyl (C=O) groups excluding carboxylic acids is 1. The van der Waals surface area contributed by atoms with Crippen molar-refractivity contribution in [1.82, 2.24) is 9.80 Å². The van der Waals surface area contributed by atoms with Crippen LogP contribution in [0.1, 0.15) is 27.2 Å². The van der Waals surface area contributed by atoms with Crippen molar-refractivity contribution in [3.8, 4) is 11.8 Å². The van der Waals surface area contributed by atoms with Crippen molar-refractivity contribution < 1.29 is 4.79 Å². The predicted octanol–water partition coefficient (Wildman–Crippen LogP) is 1.20. The SMILES string of the molecule is C[C@@H]1CCN(C(=O)C#CC(C)(C)N(C)C)C1. The molecule has 1 rings (SSSR count). The topological polar surface area (TPSA) is 23.6 Å². The monoisotopic (exact) mass is 222 g/mol. The Labute approximate surface area is 98.8 Å². The lowest BCUT2D eigenvalue weighted by Crippen LogP contribution is -2.37. The van der Waals surface area contributed by atoms with Crippen LogP contribution in [0.5, 0.6) is 0 Å². The lowest BCUT2D eigenvalue weighted by molar-refractivity contribution is -0.124. The minimum Gasteiger partial charge on any atom is -0.332 e. The normalized spacial score (nSPS) is 20.9. The van der Waals surface area contributed by atoms with Crippen molar-refractivity contribution in [3.05, 3.63) is 0 Å². The van der Waals surface area contributed by atoms with Gasteiger partial charge in [-0.25, -0.2) is 0 Å². The average Bonchev–Trinajstić information content (AvgIpc) is 2.61. The van der Waals surface area contributed by atoms with E-state index in [1.165, 1.54) is 0 Å². The second-order valence-electron chi connectivity index (χ2n) is 5.35. The van der Waals surface area contributed by atoms with Gasteiger partial charge in [-0.15, -0.1) is 0 Å². The second kappa shape index (κ2) is 4.88. The number of nitrogens with zero attached hydrogens (tertiary/aromatic N) is 2. The molecule has 1 aliphatic rings. The van der Waals surface area contributed by atoms with Crippen molar-refractivity contribution in [2.24, 2.45) is 5.92 Å². The fourth-order valence-corrected chi connectivity index (χ4v) is 1.52. The zero-order chi connectivity index (χ0) is 12.3. The fraction of sp³-hybridized carbons (Fsp3) is 0.769. The highest BCUT2D eigenvalue weighted by atomic mass is 16.2. The molecule has 1 amide bonds. The van der Waals surface area contributed by atoms with Crippen LogP contribution in [0, 0.1) is 17.8 Å². The molecular formula is C13H22N2O. The van der Waals surface area contributed by atoms with Crippen LogP contribution in [0.3, 0.4) is 0 Å². The van der Waals surface area contributed by atoms with Crippen molar-refractivity contribution in [1.29, 1.82) is 0 Å². The maximum absolute atomic E-state index is 11.8. The number of carbonyl (C=O) groups is 1. The van der Waals surface area contributed by atoms with Gasteiger partial charge in [-0.05, 0) is 46.2 Å². The van der Waals surface area contributed by atoms with E-state index in [1.807, 2.05) is 37.7 Å². The molecule has 0 aromatic rings. The number of likely N-dealkylation sites (tertiary alicyclic amines) is 1. The quantitative estimate of drug-likeness (QED) is 0.622. The van der Waals surface area contributed by atoms with Crippen molar-refractivity contribution in [2.75, 3.05) is 27.2 Å². The van der Waals surface area contributed by atoms with Crippen molar-refractivity contribution >= 4 is 5.91 Å². The Morgan fingerprint density at radius 3 is 2.50 bits per heavy atom. The summed E-state index contributed by atoms with van der Waals surface area (Å²) < 4.78 is 0. The molecule has 1 fully saturated rings. The Morgan fingerprint density at radius 1 is 1.44 bits per heavy atom. The summed E-state index contributed by atoms with van der Waals surface area (Å²) in [6.07, 6.45) is 1.10. The Bertz CT molecular complexity index is 323. The van der Waals surface area contributed by atoms with Crippen LogP contribution in [0.15, 0.2) is 0 Å². The lowest BCUT2D eigenvalue weighted by atomic mass is 10.1. The molecule has 0 aliphatic carbocycles. The number of amides is 1. The maximum Gasteiger partial charge on any atom is 0.298 e. The number of rotatable bonds is 1. The van der Waals surface area contributed by atoms with Crippen LogP contribution >= 0.6 is 0 Å². The molecule has 0 N–H and O–H groups in total. The van der Waals surface area contributed by atoms with Gasteiger partial charge in [0.05, 0.1) is 5.54 Å². The highest BCUT2D eigenvalue weighted by Crippen LogP contribution is 2.15. The van der Waals surface area contributed by atoms with E-state index in [0.717, 1.165) is 19.5 Å². The molecule has 0 saturated carbocycles. The smallest absolute Gasteiger partial charge is 0.298 e. The van der Waals surface area contributed by atoms with Crippen LogP contribution in [-0.2, 0) is 4.79 Å². The molecule has 3 nitrogen and oxygen atoms in total. The minimum atomic E-state index is -0.249. The largest absolute Gasteiger partial charge is 0.332 e. The van der Waals surface area contributed by atoms with Gasteiger partial charge in [-0.1, -0.05) is 12.8 Å². The Hall–Kier alpha value is -1.01. The summed E-state index contributed by atoms with van der Waals surface area (Å²) in [4.78, 5) is 15.7. The van der Waals surface area contributed by atoms with Gasteiger partial charge in [0, 0.05) is 13.1 Å². The third kappa shape index (κ3) is 3.24. The molecule has 0 aromatic heterocycles. The molecule has 1 atom stereocenters. The first-order valence-corrected chi connectivity index (χ1v) is 5.82. The summed E-state index contributed by atoms with van der Waals surface area (Å²) in [6, 6.07) is 0. The van der Waals surface area contributed by atoms with E-state index < -0.39 is 0 Å². The van der Waals surface area contributed by atoms with Crippen LogP contribution in [-0.4, -0.2) is 48.4 Å². The highest BCUT2D eigenvalue weighted by Gasteiger charge is 2.23. The van der Waals surface area contributed by atoms with E-state index in [-0.39, 0.29) is 11.4 Å². The molecule has 16 heavy (non-hydrogen) atoms. The van der Waals surface area contributed by atoms with Gasteiger partial charge >= 0.3 is 0 Å². The van der Waals surface area contributed by atoms with Gasteiger partial charge in [0.25, 0.3) is 5.91 Å². The number of hydrogen-bond donors (Lipinski definition) is 0. The molecular weight excluding hydrogens is 200 g/mol. The molecule has 0 aromatic carbocycles. The molecule has 0 radical (unpaired) electrons. The summed E-state index contributed by atoms with van der Waals surface area (Å²) in [5.41, 5.74) is -0.249. The first-order valence-electron chi connectivity index (χ1n) is 5.82. The van der Waals surface area contributed by atoms with Crippen molar-refractivity contribution in [3.63, 3.8) is 0 Å². The Balaban J connectivity index is 2.61.